The number of benzene rings is 1. The van der Waals surface area contributed by atoms with Gasteiger partial charge in [-0.3, -0.25) is 9.20 Å². The van der Waals surface area contributed by atoms with Crippen molar-refractivity contribution < 1.29 is 0 Å². The molecule has 1 aromatic carbocycles. The number of aryl methyl sites for hydroxylation is 1. The molecule has 1 N–H and O–H groups in total. The summed E-state index contributed by atoms with van der Waals surface area (Å²) in [6.07, 6.45) is 6.87. The predicted octanol–water partition coefficient (Wildman–Crippen LogP) is 6.14. The number of fused-ring (bicyclic) bond motifs is 1. The number of rotatable bonds is 9. The normalized spacial score (nSPS) is 11.4. The third kappa shape index (κ3) is 5.28. The second-order valence-electron chi connectivity index (χ2n) is 8.74. The van der Waals surface area contributed by atoms with Gasteiger partial charge in [-0.2, -0.15) is 0 Å². The van der Waals surface area contributed by atoms with E-state index < -0.39 is 0 Å². The molecule has 0 aliphatic heterocycles. The van der Waals surface area contributed by atoms with Gasteiger partial charge in [0, 0.05) is 47.7 Å². The summed E-state index contributed by atoms with van der Waals surface area (Å²) in [7, 11) is 0. The molecule has 7 heteroatoms. The molecule has 0 saturated heterocycles. The first kappa shape index (κ1) is 23.1. The first-order chi connectivity index (χ1) is 16.0. The van der Waals surface area contributed by atoms with Crippen LogP contribution >= 0.6 is 11.6 Å². The maximum absolute atomic E-state index is 13.1. The van der Waals surface area contributed by atoms with E-state index in [2.05, 4.69) is 35.6 Å². The summed E-state index contributed by atoms with van der Waals surface area (Å²) in [4.78, 5) is 22.5. The molecule has 3 heterocycles. The largest absolute Gasteiger partial charge is 0.370 e. The lowest BCUT2D eigenvalue weighted by Crippen LogP contribution is -2.19. The second kappa shape index (κ2) is 10.2. The number of nitrogens with one attached hydrogen (secondary N) is 1. The molecule has 0 atom stereocenters. The van der Waals surface area contributed by atoms with E-state index in [4.69, 9.17) is 16.6 Å². The summed E-state index contributed by atoms with van der Waals surface area (Å²) in [5.74, 6) is 2.01. The Bertz CT molecular complexity index is 1270. The van der Waals surface area contributed by atoms with E-state index in [9.17, 15) is 4.79 Å². The van der Waals surface area contributed by atoms with E-state index in [-0.39, 0.29) is 5.56 Å². The second-order valence-corrected chi connectivity index (χ2v) is 9.17. The van der Waals surface area contributed by atoms with Crippen molar-refractivity contribution in [2.24, 2.45) is 5.92 Å². The van der Waals surface area contributed by atoms with Gasteiger partial charge in [-0.15, -0.1) is 0 Å². The average Bonchev–Trinajstić information content (AvgIpc) is 3.26. The van der Waals surface area contributed by atoms with E-state index in [1.54, 1.807) is 16.7 Å². The van der Waals surface area contributed by atoms with E-state index in [0.29, 0.717) is 16.7 Å². The van der Waals surface area contributed by atoms with Crippen LogP contribution < -0.4 is 10.9 Å². The minimum absolute atomic E-state index is 0.110. The van der Waals surface area contributed by atoms with Gasteiger partial charge in [0.15, 0.2) is 0 Å². The minimum atomic E-state index is -0.110. The summed E-state index contributed by atoms with van der Waals surface area (Å²) in [6.45, 7) is 8.14. The van der Waals surface area contributed by atoms with Crippen LogP contribution in [-0.4, -0.2) is 25.5 Å². The fourth-order valence-electron chi connectivity index (χ4n) is 3.79. The van der Waals surface area contributed by atoms with Crippen LogP contribution in [0.5, 0.6) is 0 Å². The molecule has 6 nitrogen and oxygen atoms in total. The summed E-state index contributed by atoms with van der Waals surface area (Å²) in [5.41, 5.74) is 3.29. The predicted molar refractivity (Wildman–Crippen MR) is 136 cm³/mol. The number of halogens is 1. The van der Waals surface area contributed by atoms with Gasteiger partial charge in [0.05, 0.1) is 11.4 Å². The molecule has 3 aromatic heterocycles. The fourth-order valence-corrected chi connectivity index (χ4v) is 3.92. The number of anilines is 1. The molecular weight excluding hydrogens is 434 g/mol. The molecule has 0 fully saturated rings. The standard InChI is InChI=1S/C26H30ClN5O/c1-4-5-6-13-31-23(20-9-12-24(29-16-20)28-15-18(2)3)14-25(33)32-17-22(30-26(31)32)19-7-10-21(27)11-8-19/h7-12,14,16-18H,4-6,13,15H2,1-3H3,(H,28,29). The lowest BCUT2D eigenvalue weighted by atomic mass is 10.1. The molecule has 172 valence electrons. The van der Waals surface area contributed by atoms with Gasteiger partial charge in [-0.05, 0) is 36.6 Å². The maximum Gasteiger partial charge on any atom is 0.259 e. The van der Waals surface area contributed by atoms with Crippen LogP contribution in [0, 0.1) is 5.92 Å². The van der Waals surface area contributed by atoms with Crippen molar-refractivity contribution in [3.05, 3.63) is 70.2 Å². The first-order valence-corrected chi connectivity index (χ1v) is 11.9. The highest BCUT2D eigenvalue weighted by molar-refractivity contribution is 6.30. The van der Waals surface area contributed by atoms with Gasteiger partial charge in [0.1, 0.15) is 5.82 Å². The third-order valence-corrected chi connectivity index (χ3v) is 5.85. The number of unbranched alkanes of at least 4 members (excludes halogenated alkanes) is 2. The molecule has 0 saturated carbocycles. The molecule has 4 aromatic rings. The van der Waals surface area contributed by atoms with Crippen molar-refractivity contribution in [3.63, 3.8) is 0 Å². The Morgan fingerprint density at radius 3 is 2.48 bits per heavy atom. The zero-order valence-corrected chi connectivity index (χ0v) is 20.1. The highest BCUT2D eigenvalue weighted by Gasteiger charge is 2.15. The molecule has 0 aliphatic carbocycles. The Morgan fingerprint density at radius 1 is 1.06 bits per heavy atom. The van der Waals surface area contributed by atoms with Gasteiger partial charge in [0.2, 0.25) is 5.78 Å². The summed E-state index contributed by atoms with van der Waals surface area (Å²) in [6, 6.07) is 13.2. The van der Waals surface area contributed by atoms with E-state index in [1.165, 1.54) is 0 Å². The summed E-state index contributed by atoms with van der Waals surface area (Å²) < 4.78 is 3.76. The van der Waals surface area contributed by atoms with Crippen LogP contribution in [0.4, 0.5) is 5.82 Å². The summed E-state index contributed by atoms with van der Waals surface area (Å²) in [5, 5.41) is 4.01. The number of imidazole rings is 1. The van der Waals surface area contributed by atoms with Gasteiger partial charge in [-0.1, -0.05) is 57.3 Å². The Morgan fingerprint density at radius 2 is 1.82 bits per heavy atom. The Hall–Kier alpha value is -3.12. The van der Waals surface area contributed by atoms with Crippen molar-refractivity contribution in [1.29, 1.82) is 0 Å². The smallest absolute Gasteiger partial charge is 0.259 e. The molecule has 0 unspecified atom stereocenters. The third-order valence-electron chi connectivity index (χ3n) is 5.59. The van der Waals surface area contributed by atoms with Crippen LogP contribution in [-0.2, 0) is 6.54 Å². The Balaban J connectivity index is 1.78. The average molecular weight is 464 g/mol. The molecule has 0 radical (unpaired) electrons. The number of nitrogens with zero attached hydrogens (tertiary/aromatic N) is 4. The zero-order valence-electron chi connectivity index (χ0n) is 19.4. The van der Waals surface area contributed by atoms with Gasteiger partial charge in [-0.25, -0.2) is 9.97 Å². The molecule has 0 bridgehead atoms. The molecule has 4 rings (SSSR count). The quantitative estimate of drug-likeness (QED) is 0.303. The van der Waals surface area contributed by atoms with Gasteiger partial charge >= 0.3 is 0 Å². The number of aromatic nitrogens is 4. The topological polar surface area (TPSA) is 64.2 Å². The van der Waals surface area contributed by atoms with Crippen molar-refractivity contribution >= 4 is 23.2 Å². The Labute approximate surface area is 199 Å². The van der Waals surface area contributed by atoms with Crippen LogP contribution in [0.25, 0.3) is 28.3 Å². The SMILES string of the molecule is CCCCCn1c(-c2ccc(NCC(C)C)nc2)cc(=O)n2cc(-c3ccc(Cl)cc3)nc12. The van der Waals surface area contributed by atoms with Crippen LogP contribution in [0.15, 0.2) is 59.7 Å². The number of hydrogen-bond acceptors (Lipinski definition) is 4. The van der Waals surface area contributed by atoms with Crippen LogP contribution in [0.1, 0.15) is 40.0 Å². The lowest BCUT2D eigenvalue weighted by molar-refractivity contribution is 0.606. The monoisotopic (exact) mass is 463 g/mol. The molecule has 0 aliphatic rings. The summed E-state index contributed by atoms with van der Waals surface area (Å²) >= 11 is 6.04. The van der Waals surface area contributed by atoms with Crippen LogP contribution in [0.3, 0.4) is 0 Å². The van der Waals surface area contributed by atoms with E-state index >= 15 is 0 Å². The lowest BCUT2D eigenvalue weighted by Gasteiger charge is -2.15. The molecule has 0 amide bonds. The zero-order chi connectivity index (χ0) is 23.4. The molecule has 0 spiro atoms. The highest BCUT2D eigenvalue weighted by Crippen LogP contribution is 2.25. The van der Waals surface area contributed by atoms with Gasteiger partial charge in [0.25, 0.3) is 5.56 Å². The van der Waals surface area contributed by atoms with Gasteiger partial charge < -0.3 is 9.88 Å². The van der Waals surface area contributed by atoms with E-state index in [1.807, 2.05) is 42.6 Å². The molecular formula is C26H30ClN5O. The van der Waals surface area contributed by atoms with Crippen molar-refractivity contribution in [2.45, 2.75) is 46.6 Å². The highest BCUT2D eigenvalue weighted by atomic mass is 35.5. The fraction of sp³-hybridized carbons (Fsp3) is 0.346. The minimum Gasteiger partial charge on any atom is -0.370 e. The Kier molecular flexibility index (Phi) is 7.14. The number of hydrogen-bond donors (Lipinski definition) is 1. The molecule has 33 heavy (non-hydrogen) atoms. The maximum atomic E-state index is 13.1. The van der Waals surface area contributed by atoms with Crippen molar-refractivity contribution in [3.8, 4) is 22.5 Å². The number of pyridine rings is 1. The van der Waals surface area contributed by atoms with Crippen molar-refractivity contribution in [2.75, 3.05) is 11.9 Å². The van der Waals surface area contributed by atoms with Crippen LogP contribution in [0.2, 0.25) is 5.02 Å². The van der Waals surface area contributed by atoms with E-state index in [0.717, 1.165) is 60.7 Å². The van der Waals surface area contributed by atoms with Crippen molar-refractivity contribution in [1.82, 2.24) is 18.9 Å². The first-order valence-electron chi connectivity index (χ1n) is 11.6.